The summed E-state index contributed by atoms with van der Waals surface area (Å²) in [7, 11) is 0. The molecule has 1 saturated heterocycles. The molecule has 0 aliphatic carbocycles. The van der Waals surface area contributed by atoms with Crippen LogP contribution in [0.3, 0.4) is 0 Å². The summed E-state index contributed by atoms with van der Waals surface area (Å²) in [6, 6.07) is 10.7. The molecule has 0 saturated carbocycles. The van der Waals surface area contributed by atoms with Gasteiger partial charge in [-0.1, -0.05) is 13.8 Å². The van der Waals surface area contributed by atoms with Crippen LogP contribution in [0, 0.1) is 18.7 Å². The van der Waals surface area contributed by atoms with Gasteiger partial charge in [0, 0.05) is 54.9 Å². The van der Waals surface area contributed by atoms with Crippen LogP contribution in [0.5, 0.6) is 11.5 Å². The average molecular weight is 527 g/mol. The number of fused-ring (bicyclic) bond motifs is 2. The highest BCUT2D eigenvalue weighted by Crippen LogP contribution is 2.35. The fraction of sp³-hybridized carbons (Fsp3) is 0.286. The number of aromatic nitrogens is 6. The van der Waals surface area contributed by atoms with Gasteiger partial charge in [0.25, 0.3) is 0 Å². The maximum atomic E-state index is 15.5. The first kappa shape index (κ1) is 24.7. The standard InChI is InChI=1S/C28H27FN8O2/c1-4-25(38)36-12-18(13-36)16(2)20-5-6-22-27(34-20)28(32-14-30-22)35-21-7-8-23(17(3)26(21)29)39-19-9-10-37-24(11-19)31-15-33-37/h5-11,14-16,18H,4,12-13H2,1-3H3,(H,30,32,35)/t16-/m0/s1. The zero-order chi connectivity index (χ0) is 27.1. The molecule has 0 unspecified atom stereocenters. The van der Waals surface area contributed by atoms with Crippen molar-refractivity contribution in [2.45, 2.75) is 33.1 Å². The number of benzene rings is 1. The number of halogens is 1. The Bertz CT molecular complexity index is 1700. The van der Waals surface area contributed by atoms with Crippen molar-refractivity contribution in [3.8, 4) is 11.5 Å². The van der Waals surface area contributed by atoms with Gasteiger partial charge in [0.15, 0.2) is 17.3 Å². The molecule has 0 bridgehead atoms. The molecule has 10 nitrogen and oxygen atoms in total. The number of carbonyl (C=O) groups is 1. The van der Waals surface area contributed by atoms with Crippen LogP contribution in [0.4, 0.5) is 15.9 Å². The van der Waals surface area contributed by atoms with Crippen molar-refractivity contribution in [3.05, 3.63) is 72.3 Å². The smallest absolute Gasteiger partial charge is 0.222 e. The van der Waals surface area contributed by atoms with E-state index in [2.05, 4.69) is 32.3 Å². The molecule has 1 fully saturated rings. The van der Waals surface area contributed by atoms with Crippen LogP contribution in [0.2, 0.25) is 0 Å². The Balaban J connectivity index is 1.24. The summed E-state index contributed by atoms with van der Waals surface area (Å²) in [5.41, 5.74) is 3.32. The monoisotopic (exact) mass is 526 g/mol. The van der Waals surface area contributed by atoms with Gasteiger partial charge in [-0.25, -0.2) is 28.8 Å². The number of anilines is 2. The highest BCUT2D eigenvalue weighted by atomic mass is 19.1. The maximum Gasteiger partial charge on any atom is 0.222 e. The first-order valence-corrected chi connectivity index (χ1v) is 12.8. The minimum absolute atomic E-state index is 0.149. The summed E-state index contributed by atoms with van der Waals surface area (Å²) in [5.74, 6) is 1.53. The van der Waals surface area contributed by atoms with Crippen LogP contribution >= 0.6 is 0 Å². The summed E-state index contributed by atoms with van der Waals surface area (Å²) in [5, 5.41) is 7.17. The van der Waals surface area contributed by atoms with Crippen molar-refractivity contribution in [1.82, 2.24) is 34.4 Å². The van der Waals surface area contributed by atoms with Crippen molar-refractivity contribution < 1.29 is 13.9 Å². The minimum atomic E-state index is -0.456. The highest BCUT2D eigenvalue weighted by molar-refractivity contribution is 5.87. The Kier molecular flexibility index (Phi) is 6.26. The van der Waals surface area contributed by atoms with Crippen LogP contribution in [-0.2, 0) is 4.79 Å². The van der Waals surface area contributed by atoms with Gasteiger partial charge in [-0.05, 0) is 37.3 Å². The molecule has 5 heterocycles. The van der Waals surface area contributed by atoms with Crippen LogP contribution in [0.1, 0.15) is 37.4 Å². The number of hydrogen-bond acceptors (Lipinski definition) is 8. The van der Waals surface area contributed by atoms with Crippen LogP contribution < -0.4 is 10.1 Å². The molecule has 1 aliphatic rings. The topological polar surface area (TPSA) is 110 Å². The molecule has 6 rings (SSSR count). The van der Waals surface area contributed by atoms with Gasteiger partial charge in [-0.3, -0.25) is 4.79 Å². The molecular formula is C28H27FN8O2. The van der Waals surface area contributed by atoms with Gasteiger partial charge < -0.3 is 15.0 Å². The Labute approximate surface area is 223 Å². The normalized spacial score (nSPS) is 14.4. The van der Waals surface area contributed by atoms with Crippen molar-refractivity contribution in [3.63, 3.8) is 0 Å². The van der Waals surface area contributed by atoms with E-state index in [1.807, 2.05) is 24.0 Å². The lowest BCUT2D eigenvalue weighted by Crippen LogP contribution is -2.51. The number of nitrogens with zero attached hydrogens (tertiary/aromatic N) is 7. The third-order valence-corrected chi connectivity index (χ3v) is 7.31. The van der Waals surface area contributed by atoms with E-state index in [1.54, 1.807) is 41.9 Å². The zero-order valence-electron chi connectivity index (χ0n) is 21.8. The second kappa shape index (κ2) is 9.90. The summed E-state index contributed by atoms with van der Waals surface area (Å²) in [4.78, 5) is 31.5. The van der Waals surface area contributed by atoms with Crippen molar-refractivity contribution in [2.75, 3.05) is 18.4 Å². The van der Waals surface area contributed by atoms with Crippen molar-refractivity contribution in [1.29, 1.82) is 0 Å². The largest absolute Gasteiger partial charge is 0.457 e. The number of likely N-dealkylation sites (tertiary alicyclic amines) is 1. The lowest BCUT2D eigenvalue weighted by Gasteiger charge is -2.42. The summed E-state index contributed by atoms with van der Waals surface area (Å²) in [6.07, 6.45) is 5.13. The van der Waals surface area contributed by atoms with Gasteiger partial charge in [-0.15, -0.1) is 0 Å². The fourth-order valence-electron chi connectivity index (χ4n) is 4.79. The first-order valence-electron chi connectivity index (χ1n) is 12.8. The SMILES string of the molecule is CCC(=O)N1CC([C@H](C)c2ccc3ncnc(Nc4ccc(Oc5ccn6ncnc6c5)c(C)c4F)c3n2)C1. The maximum absolute atomic E-state index is 15.5. The van der Waals surface area contributed by atoms with E-state index in [1.165, 1.54) is 12.7 Å². The van der Waals surface area contributed by atoms with Gasteiger partial charge in [-0.2, -0.15) is 5.10 Å². The van der Waals surface area contributed by atoms with Gasteiger partial charge in [0.05, 0.1) is 11.2 Å². The molecule has 11 heteroatoms. The first-order chi connectivity index (χ1) is 18.9. The Morgan fingerprint density at radius 1 is 1.15 bits per heavy atom. The Hall–Kier alpha value is -4.67. The number of amides is 1. The molecule has 1 atom stereocenters. The Morgan fingerprint density at radius 2 is 2.00 bits per heavy atom. The zero-order valence-corrected chi connectivity index (χ0v) is 21.8. The summed E-state index contributed by atoms with van der Waals surface area (Å²) < 4.78 is 23.0. The minimum Gasteiger partial charge on any atom is -0.457 e. The molecule has 39 heavy (non-hydrogen) atoms. The fourth-order valence-corrected chi connectivity index (χ4v) is 4.79. The third kappa shape index (κ3) is 4.60. The average Bonchev–Trinajstić information content (AvgIpc) is 3.39. The molecule has 1 N–H and O–H groups in total. The van der Waals surface area contributed by atoms with Crippen molar-refractivity contribution >= 4 is 34.1 Å². The number of rotatable bonds is 7. The van der Waals surface area contributed by atoms with Crippen molar-refractivity contribution in [2.24, 2.45) is 5.92 Å². The molecule has 0 spiro atoms. The molecular weight excluding hydrogens is 499 g/mol. The van der Waals surface area contributed by atoms with Crippen LogP contribution in [-0.4, -0.2) is 53.4 Å². The van der Waals surface area contributed by atoms with E-state index >= 15 is 4.39 Å². The summed E-state index contributed by atoms with van der Waals surface area (Å²) in [6.45, 7) is 7.12. The van der Waals surface area contributed by atoms with E-state index in [4.69, 9.17) is 9.72 Å². The molecule has 1 aromatic carbocycles. The van der Waals surface area contributed by atoms with E-state index in [-0.39, 0.29) is 17.5 Å². The Morgan fingerprint density at radius 3 is 2.82 bits per heavy atom. The molecule has 1 amide bonds. The van der Waals surface area contributed by atoms with E-state index in [9.17, 15) is 4.79 Å². The third-order valence-electron chi connectivity index (χ3n) is 7.31. The lowest BCUT2D eigenvalue weighted by molar-refractivity contribution is -0.137. The quantitative estimate of drug-likeness (QED) is 0.315. The van der Waals surface area contributed by atoms with E-state index in [0.717, 1.165) is 18.8 Å². The summed E-state index contributed by atoms with van der Waals surface area (Å²) >= 11 is 0. The van der Waals surface area contributed by atoms with Gasteiger partial charge >= 0.3 is 0 Å². The number of hydrogen-bond donors (Lipinski definition) is 1. The second-order valence-electron chi connectivity index (χ2n) is 9.73. The number of nitrogens with one attached hydrogen (secondary N) is 1. The molecule has 198 valence electrons. The molecule has 5 aromatic rings. The van der Waals surface area contributed by atoms with Crippen LogP contribution in [0.25, 0.3) is 16.7 Å². The number of ether oxygens (including phenoxy) is 1. The predicted octanol–water partition coefficient (Wildman–Crippen LogP) is 5.02. The van der Waals surface area contributed by atoms with Crippen LogP contribution in [0.15, 0.2) is 55.2 Å². The molecule has 0 radical (unpaired) electrons. The van der Waals surface area contributed by atoms with Gasteiger partial charge in [0.2, 0.25) is 5.91 Å². The number of pyridine rings is 2. The van der Waals surface area contributed by atoms with E-state index < -0.39 is 5.82 Å². The number of carbonyl (C=O) groups excluding carboxylic acids is 1. The highest BCUT2D eigenvalue weighted by Gasteiger charge is 2.34. The van der Waals surface area contributed by atoms with Gasteiger partial charge in [0.1, 0.15) is 29.7 Å². The molecule has 4 aromatic heterocycles. The lowest BCUT2D eigenvalue weighted by atomic mass is 9.84. The second-order valence-corrected chi connectivity index (χ2v) is 9.73. The molecule has 1 aliphatic heterocycles. The van der Waals surface area contributed by atoms with E-state index in [0.29, 0.717) is 51.9 Å². The predicted molar refractivity (Wildman–Crippen MR) is 144 cm³/mol.